The Morgan fingerprint density at radius 3 is 2.53 bits per heavy atom. The van der Waals surface area contributed by atoms with Crippen molar-refractivity contribution in [3.8, 4) is 17.2 Å². The van der Waals surface area contributed by atoms with Gasteiger partial charge in [-0.2, -0.15) is 0 Å². The number of nitrogens with zero attached hydrogens (tertiary/aromatic N) is 1. The van der Waals surface area contributed by atoms with Gasteiger partial charge in [-0.05, 0) is 54.8 Å². The van der Waals surface area contributed by atoms with Crippen molar-refractivity contribution in [2.45, 2.75) is 12.8 Å². The number of nitrogen functional groups attached to an aromatic ring is 1. The van der Waals surface area contributed by atoms with Gasteiger partial charge in [0.05, 0.1) is 25.7 Å². The number of aromatic hydroxyl groups is 1. The summed E-state index contributed by atoms with van der Waals surface area (Å²) in [5.74, 6) is -1.29. The summed E-state index contributed by atoms with van der Waals surface area (Å²) in [5.41, 5.74) is 6.44. The number of phenols is 1. The van der Waals surface area contributed by atoms with E-state index in [1.165, 1.54) is 43.5 Å². The van der Waals surface area contributed by atoms with Crippen LogP contribution in [0.4, 0.5) is 5.69 Å². The van der Waals surface area contributed by atoms with Crippen molar-refractivity contribution in [1.29, 1.82) is 0 Å². The highest BCUT2D eigenvalue weighted by Crippen LogP contribution is 2.30. The first-order valence-electron chi connectivity index (χ1n) is 9.44. The largest absolute Gasteiger partial charge is 0.507 e. The van der Waals surface area contributed by atoms with Gasteiger partial charge in [0.15, 0.2) is 11.5 Å². The predicted molar refractivity (Wildman–Crippen MR) is 111 cm³/mol. The standard InChI is InChI=1S/C21H24N2O9/c1-29-19-12-14(5-9-20(25)30-10-2-3-11-31-23(27)28)4-8-18(19)32-21(26)16-13-15(22)6-7-17(16)24/h4-9,12-13,24,27-28H,2-3,10-11,22H2,1H3/b9-5+. The molecule has 0 saturated heterocycles. The first-order valence-corrected chi connectivity index (χ1v) is 9.44. The molecule has 0 aliphatic rings. The highest BCUT2D eigenvalue weighted by molar-refractivity contribution is 5.95. The Hall–Kier alpha value is -3.64. The number of ether oxygens (including phenoxy) is 3. The fourth-order valence-corrected chi connectivity index (χ4v) is 2.48. The summed E-state index contributed by atoms with van der Waals surface area (Å²) >= 11 is 0. The molecule has 0 bridgehead atoms. The van der Waals surface area contributed by atoms with Crippen molar-refractivity contribution in [3.63, 3.8) is 0 Å². The van der Waals surface area contributed by atoms with Gasteiger partial charge < -0.3 is 25.1 Å². The monoisotopic (exact) mass is 448 g/mol. The first kappa shape index (κ1) is 24.6. The van der Waals surface area contributed by atoms with E-state index < -0.39 is 11.9 Å². The molecule has 5 N–H and O–H groups in total. The summed E-state index contributed by atoms with van der Waals surface area (Å²) in [6.07, 6.45) is 3.66. The van der Waals surface area contributed by atoms with Gasteiger partial charge in [0.1, 0.15) is 11.3 Å². The first-order chi connectivity index (χ1) is 15.3. The zero-order valence-electron chi connectivity index (χ0n) is 17.3. The molecule has 0 amide bonds. The lowest BCUT2D eigenvalue weighted by Crippen LogP contribution is -2.15. The minimum Gasteiger partial charge on any atom is -0.507 e. The highest BCUT2D eigenvalue weighted by atomic mass is 17.1. The Kier molecular flexibility index (Phi) is 9.44. The average molecular weight is 448 g/mol. The number of unbranched alkanes of at least 4 members (excludes halogenated alkanes) is 1. The lowest BCUT2D eigenvalue weighted by molar-refractivity contribution is -0.492. The quantitative estimate of drug-likeness (QED) is 0.0760. The molecule has 0 aliphatic heterocycles. The van der Waals surface area contributed by atoms with Gasteiger partial charge in [0.2, 0.25) is 0 Å². The number of esters is 2. The van der Waals surface area contributed by atoms with Crippen LogP contribution in [0.15, 0.2) is 42.5 Å². The highest BCUT2D eigenvalue weighted by Gasteiger charge is 2.16. The maximum Gasteiger partial charge on any atom is 0.347 e. The zero-order valence-corrected chi connectivity index (χ0v) is 17.3. The minimum absolute atomic E-state index is 0.0639. The number of benzene rings is 2. The van der Waals surface area contributed by atoms with Crippen LogP contribution in [0.3, 0.4) is 0 Å². The lowest BCUT2D eigenvalue weighted by Gasteiger charge is -2.11. The number of nitrogens with two attached hydrogens (primary N) is 1. The van der Waals surface area contributed by atoms with Crippen LogP contribution in [-0.2, 0) is 14.4 Å². The fraction of sp³-hybridized carbons (Fsp3) is 0.238. The van der Waals surface area contributed by atoms with Gasteiger partial charge in [0, 0.05) is 11.8 Å². The molecule has 0 fully saturated rings. The van der Waals surface area contributed by atoms with Gasteiger partial charge in [-0.1, -0.05) is 6.07 Å². The Bertz CT molecular complexity index is 960. The molecule has 0 radical (unpaired) electrons. The summed E-state index contributed by atoms with van der Waals surface area (Å²) in [6, 6.07) is 8.68. The van der Waals surface area contributed by atoms with Gasteiger partial charge in [-0.15, -0.1) is 0 Å². The van der Waals surface area contributed by atoms with Crippen LogP contribution in [-0.4, -0.2) is 53.2 Å². The molecule has 0 aliphatic carbocycles. The molecule has 11 nitrogen and oxygen atoms in total. The molecule has 0 atom stereocenters. The van der Waals surface area contributed by atoms with Gasteiger partial charge >= 0.3 is 11.9 Å². The predicted octanol–water partition coefficient (Wildman–Crippen LogP) is 2.55. The van der Waals surface area contributed by atoms with Crippen molar-refractivity contribution in [2.75, 3.05) is 26.1 Å². The Balaban J connectivity index is 1.93. The Morgan fingerprint density at radius 2 is 1.81 bits per heavy atom. The van der Waals surface area contributed by atoms with E-state index in [2.05, 4.69) is 4.84 Å². The van der Waals surface area contributed by atoms with Gasteiger partial charge in [-0.25, -0.2) is 9.59 Å². The second kappa shape index (κ2) is 12.3. The Morgan fingerprint density at radius 1 is 1.06 bits per heavy atom. The van der Waals surface area contributed by atoms with E-state index in [0.717, 1.165) is 0 Å². The van der Waals surface area contributed by atoms with E-state index in [4.69, 9.17) is 30.4 Å². The van der Waals surface area contributed by atoms with Crippen LogP contribution in [0.2, 0.25) is 0 Å². The van der Waals surface area contributed by atoms with Crippen molar-refractivity contribution in [1.82, 2.24) is 5.39 Å². The van der Waals surface area contributed by atoms with Gasteiger partial charge in [0.25, 0.3) is 0 Å². The maximum absolute atomic E-state index is 12.4. The molecule has 2 aromatic carbocycles. The average Bonchev–Trinajstić information content (AvgIpc) is 2.76. The minimum atomic E-state index is -0.809. The molecule has 172 valence electrons. The number of rotatable bonds is 11. The van der Waals surface area contributed by atoms with E-state index in [1.54, 1.807) is 12.1 Å². The zero-order chi connectivity index (χ0) is 23.5. The van der Waals surface area contributed by atoms with E-state index >= 15 is 0 Å². The number of methoxy groups -OCH3 is 1. The second-order valence-electron chi connectivity index (χ2n) is 6.37. The van der Waals surface area contributed by atoms with E-state index in [9.17, 15) is 14.7 Å². The third-order valence-corrected chi connectivity index (χ3v) is 4.03. The molecular weight excluding hydrogens is 424 g/mol. The van der Waals surface area contributed by atoms with Crippen LogP contribution in [0.25, 0.3) is 6.08 Å². The third-order valence-electron chi connectivity index (χ3n) is 4.03. The van der Waals surface area contributed by atoms with Crippen molar-refractivity contribution in [3.05, 3.63) is 53.6 Å². The molecule has 0 spiro atoms. The molecule has 0 unspecified atom stereocenters. The van der Waals surface area contributed by atoms with E-state index in [1.807, 2.05) is 0 Å². The SMILES string of the molecule is COc1cc(/C=C/C(=O)OCCCCON(O)O)ccc1OC(=O)c1cc(N)ccc1O. The molecular formula is C21H24N2O9. The second-order valence-corrected chi connectivity index (χ2v) is 6.37. The van der Waals surface area contributed by atoms with Crippen molar-refractivity contribution >= 4 is 23.7 Å². The summed E-state index contributed by atoms with van der Waals surface area (Å²) in [4.78, 5) is 28.5. The number of hydrogen-bond acceptors (Lipinski definition) is 11. The summed E-state index contributed by atoms with van der Waals surface area (Å²) in [5, 5.41) is 26.2. The van der Waals surface area contributed by atoms with Crippen LogP contribution < -0.4 is 15.2 Å². The smallest absolute Gasteiger partial charge is 0.347 e. The summed E-state index contributed by atoms with van der Waals surface area (Å²) in [6.45, 7) is 0.201. The molecule has 0 aromatic heterocycles. The van der Waals surface area contributed by atoms with E-state index in [0.29, 0.717) is 24.1 Å². The molecule has 2 rings (SSSR count). The summed E-state index contributed by atoms with van der Waals surface area (Å²) in [7, 11) is 1.39. The van der Waals surface area contributed by atoms with Crippen LogP contribution in [0.5, 0.6) is 17.2 Å². The molecule has 0 heterocycles. The van der Waals surface area contributed by atoms with Crippen molar-refractivity contribution < 1.29 is 44.2 Å². The van der Waals surface area contributed by atoms with Crippen LogP contribution in [0.1, 0.15) is 28.8 Å². The lowest BCUT2D eigenvalue weighted by atomic mass is 10.1. The van der Waals surface area contributed by atoms with Crippen LogP contribution in [0, 0.1) is 0 Å². The number of carbonyl (C=O) groups excluding carboxylic acids is 2. The van der Waals surface area contributed by atoms with Gasteiger partial charge in [-0.3, -0.25) is 15.3 Å². The molecule has 32 heavy (non-hydrogen) atoms. The van der Waals surface area contributed by atoms with Crippen molar-refractivity contribution in [2.24, 2.45) is 0 Å². The number of carbonyl (C=O) groups is 2. The molecule has 0 saturated carbocycles. The molecule has 2 aromatic rings. The Labute approximate surface area is 183 Å². The topological polar surface area (TPSA) is 161 Å². The maximum atomic E-state index is 12.4. The fourth-order valence-electron chi connectivity index (χ4n) is 2.48. The van der Waals surface area contributed by atoms with Crippen LogP contribution >= 0.6 is 0 Å². The number of hydrogen-bond donors (Lipinski definition) is 4. The number of phenolic OH excluding ortho intramolecular Hbond substituents is 1. The number of anilines is 1. The third kappa shape index (κ3) is 7.89. The van der Waals surface area contributed by atoms with E-state index in [-0.39, 0.29) is 41.4 Å². The summed E-state index contributed by atoms with van der Waals surface area (Å²) < 4.78 is 15.6. The normalized spacial score (nSPS) is 11.0. The molecule has 11 heteroatoms.